The van der Waals surface area contributed by atoms with Gasteiger partial charge in [-0.15, -0.1) is 0 Å². The SMILES string of the molecule is COc1cc2c(cc1OC)C(c1cccc(Cl)c1)N(Cc1ccc3c(c1)OCCO3)CC2. The molecule has 0 bridgehead atoms. The van der Waals surface area contributed by atoms with Crippen LogP contribution >= 0.6 is 11.6 Å². The minimum Gasteiger partial charge on any atom is -0.493 e. The first-order valence-electron chi connectivity index (χ1n) is 10.8. The summed E-state index contributed by atoms with van der Waals surface area (Å²) in [5.74, 6) is 3.12. The van der Waals surface area contributed by atoms with Crippen molar-refractivity contribution in [3.63, 3.8) is 0 Å². The van der Waals surface area contributed by atoms with E-state index in [4.69, 9.17) is 30.5 Å². The van der Waals surface area contributed by atoms with Crippen LogP contribution in [0.1, 0.15) is 28.3 Å². The first-order valence-corrected chi connectivity index (χ1v) is 11.2. The number of methoxy groups -OCH3 is 2. The lowest BCUT2D eigenvalue weighted by molar-refractivity contribution is 0.170. The summed E-state index contributed by atoms with van der Waals surface area (Å²) in [6, 6.07) is 18.6. The van der Waals surface area contributed by atoms with Crippen LogP contribution in [0.25, 0.3) is 0 Å². The van der Waals surface area contributed by atoms with E-state index in [-0.39, 0.29) is 6.04 Å². The molecule has 5 rings (SSSR count). The molecule has 1 atom stereocenters. The number of hydrogen-bond acceptors (Lipinski definition) is 5. The van der Waals surface area contributed by atoms with Crippen molar-refractivity contribution < 1.29 is 18.9 Å². The molecule has 0 saturated heterocycles. The molecule has 32 heavy (non-hydrogen) atoms. The van der Waals surface area contributed by atoms with Crippen LogP contribution in [0.2, 0.25) is 5.02 Å². The van der Waals surface area contributed by atoms with E-state index in [1.165, 1.54) is 16.7 Å². The maximum absolute atomic E-state index is 6.39. The molecule has 3 aromatic carbocycles. The minimum absolute atomic E-state index is 0.0467. The van der Waals surface area contributed by atoms with Gasteiger partial charge in [0.25, 0.3) is 0 Å². The Morgan fingerprint density at radius 2 is 1.72 bits per heavy atom. The Labute approximate surface area is 193 Å². The first kappa shape index (κ1) is 21.0. The summed E-state index contributed by atoms with van der Waals surface area (Å²) in [6.07, 6.45) is 0.928. The van der Waals surface area contributed by atoms with Crippen molar-refractivity contribution in [1.29, 1.82) is 0 Å². The number of rotatable bonds is 5. The molecule has 0 N–H and O–H groups in total. The number of halogens is 1. The lowest BCUT2D eigenvalue weighted by Gasteiger charge is -2.38. The molecule has 0 aromatic heterocycles. The normalized spacial score (nSPS) is 17.5. The van der Waals surface area contributed by atoms with Crippen LogP contribution in [0, 0.1) is 0 Å². The molecule has 2 heterocycles. The van der Waals surface area contributed by atoms with Gasteiger partial charge in [-0.2, -0.15) is 0 Å². The van der Waals surface area contributed by atoms with Crippen molar-refractivity contribution in [2.75, 3.05) is 34.0 Å². The van der Waals surface area contributed by atoms with E-state index < -0.39 is 0 Å². The van der Waals surface area contributed by atoms with Crippen LogP contribution in [-0.2, 0) is 13.0 Å². The summed E-state index contributed by atoms with van der Waals surface area (Å²) in [4.78, 5) is 2.48. The third-order valence-electron chi connectivity index (χ3n) is 6.13. The number of hydrogen-bond donors (Lipinski definition) is 0. The molecule has 1 unspecified atom stereocenters. The van der Waals surface area contributed by atoms with E-state index in [0.717, 1.165) is 53.1 Å². The summed E-state index contributed by atoms with van der Waals surface area (Å²) >= 11 is 6.39. The second-order valence-corrected chi connectivity index (χ2v) is 8.50. The molecular weight excluding hydrogens is 426 g/mol. The Morgan fingerprint density at radius 1 is 0.938 bits per heavy atom. The molecule has 5 nitrogen and oxygen atoms in total. The van der Waals surface area contributed by atoms with Crippen molar-refractivity contribution in [3.8, 4) is 23.0 Å². The molecular formula is C26H26ClNO4. The highest BCUT2D eigenvalue weighted by Crippen LogP contribution is 2.42. The molecule has 0 aliphatic carbocycles. The van der Waals surface area contributed by atoms with Crippen molar-refractivity contribution in [2.45, 2.75) is 19.0 Å². The summed E-state index contributed by atoms with van der Waals surface area (Å²) in [5.41, 5.74) is 4.83. The van der Waals surface area contributed by atoms with E-state index in [1.807, 2.05) is 18.2 Å². The lowest BCUT2D eigenvalue weighted by atomic mass is 9.87. The minimum atomic E-state index is 0.0467. The zero-order valence-corrected chi connectivity index (χ0v) is 19.0. The lowest BCUT2D eigenvalue weighted by Crippen LogP contribution is -2.35. The fraction of sp³-hybridized carbons (Fsp3) is 0.308. The molecule has 2 aliphatic heterocycles. The summed E-state index contributed by atoms with van der Waals surface area (Å²) in [6.45, 7) is 2.87. The number of ether oxygens (including phenoxy) is 4. The maximum atomic E-state index is 6.39. The van der Waals surface area contributed by atoms with Gasteiger partial charge in [0, 0.05) is 18.1 Å². The topological polar surface area (TPSA) is 40.2 Å². The van der Waals surface area contributed by atoms with Gasteiger partial charge in [-0.1, -0.05) is 29.8 Å². The van der Waals surface area contributed by atoms with Crippen molar-refractivity contribution in [3.05, 3.63) is 81.9 Å². The van der Waals surface area contributed by atoms with Crippen LogP contribution in [0.15, 0.2) is 54.6 Å². The van der Waals surface area contributed by atoms with Gasteiger partial charge in [0.2, 0.25) is 0 Å². The summed E-state index contributed by atoms with van der Waals surface area (Å²) in [7, 11) is 3.35. The van der Waals surface area contributed by atoms with Crippen LogP contribution in [0.3, 0.4) is 0 Å². The van der Waals surface area contributed by atoms with Crippen LogP contribution in [-0.4, -0.2) is 38.9 Å². The molecule has 0 amide bonds. The predicted molar refractivity (Wildman–Crippen MR) is 124 cm³/mol. The average molecular weight is 452 g/mol. The molecule has 0 radical (unpaired) electrons. The zero-order chi connectivity index (χ0) is 22.1. The summed E-state index contributed by atoms with van der Waals surface area (Å²) < 4.78 is 22.7. The van der Waals surface area contributed by atoms with E-state index in [1.54, 1.807) is 14.2 Å². The molecule has 0 saturated carbocycles. The molecule has 6 heteroatoms. The highest BCUT2D eigenvalue weighted by Gasteiger charge is 2.31. The third kappa shape index (κ3) is 3.98. The van der Waals surface area contributed by atoms with E-state index in [2.05, 4.69) is 41.3 Å². The van der Waals surface area contributed by atoms with Crippen LogP contribution in [0.5, 0.6) is 23.0 Å². The summed E-state index contributed by atoms with van der Waals surface area (Å²) in [5, 5.41) is 0.731. The van der Waals surface area contributed by atoms with Crippen molar-refractivity contribution >= 4 is 11.6 Å². The Morgan fingerprint density at radius 3 is 2.50 bits per heavy atom. The number of benzene rings is 3. The first-order chi connectivity index (χ1) is 15.7. The Hall–Kier alpha value is -2.89. The highest BCUT2D eigenvalue weighted by molar-refractivity contribution is 6.30. The Balaban J connectivity index is 1.55. The largest absolute Gasteiger partial charge is 0.493 e. The van der Waals surface area contributed by atoms with E-state index >= 15 is 0 Å². The average Bonchev–Trinajstić information content (AvgIpc) is 2.83. The van der Waals surface area contributed by atoms with Crippen LogP contribution in [0.4, 0.5) is 0 Å². The fourth-order valence-corrected chi connectivity index (χ4v) is 4.85. The second kappa shape index (κ2) is 8.93. The molecule has 166 valence electrons. The molecule has 2 aliphatic rings. The van der Waals surface area contributed by atoms with Gasteiger partial charge in [0.1, 0.15) is 13.2 Å². The standard InChI is InChI=1S/C26H26ClNO4/c1-29-23-14-18-8-9-28(16-17-6-7-22-25(12-17)32-11-10-31-22)26(21(18)15-24(23)30-2)19-4-3-5-20(27)13-19/h3-7,12-15,26H,8-11,16H2,1-2H3. The van der Waals surface area contributed by atoms with Crippen LogP contribution < -0.4 is 18.9 Å². The number of fused-ring (bicyclic) bond motifs is 2. The van der Waals surface area contributed by atoms with Gasteiger partial charge in [-0.05, 0) is 65.1 Å². The Kier molecular flexibility index (Phi) is 5.85. The van der Waals surface area contributed by atoms with Gasteiger partial charge in [0.15, 0.2) is 23.0 Å². The smallest absolute Gasteiger partial charge is 0.161 e. The highest BCUT2D eigenvalue weighted by atomic mass is 35.5. The molecule has 3 aromatic rings. The maximum Gasteiger partial charge on any atom is 0.161 e. The van der Waals surface area contributed by atoms with Crippen molar-refractivity contribution in [2.24, 2.45) is 0 Å². The number of nitrogens with zero attached hydrogens (tertiary/aromatic N) is 1. The van der Waals surface area contributed by atoms with E-state index in [0.29, 0.717) is 13.2 Å². The molecule has 0 fully saturated rings. The predicted octanol–water partition coefficient (Wildman–Crippen LogP) is 5.28. The second-order valence-electron chi connectivity index (χ2n) is 8.06. The zero-order valence-electron chi connectivity index (χ0n) is 18.3. The van der Waals surface area contributed by atoms with Gasteiger partial charge >= 0.3 is 0 Å². The van der Waals surface area contributed by atoms with Gasteiger partial charge in [0.05, 0.1) is 20.3 Å². The quantitative estimate of drug-likeness (QED) is 0.528. The van der Waals surface area contributed by atoms with Gasteiger partial charge < -0.3 is 18.9 Å². The fourth-order valence-electron chi connectivity index (χ4n) is 4.66. The third-order valence-corrected chi connectivity index (χ3v) is 6.37. The van der Waals surface area contributed by atoms with Gasteiger partial charge in [-0.25, -0.2) is 0 Å². The van der Waals surface area contributed by atoms with Crippen molar-refractivity contribution in [1.82, 2.24) is 4.90 Å². The molecule has 0 spiro atoms. The van der Waals surface area contributed by atoms with Gasteiger partial charge in [-0.3, -0.25) is 4.90 Å². The monoisotopic (exact) mass is 451 g/mol. The van der Waals surface area contributed by atoms with E-state index in [9.17, 15) is 0 Å². The Bertz CT molecular complexity index is 1130.